The first kappa shape index (κ1) is 15.8. The molecular formula is C14H17BrN2O4. The van der Waals surface area contributed by atoms with E-state index in [4.69, 9.17) is 9.52 Å². The quantitative estimate of drug-likeness (QED) is 0.830. The third-order valence-electron chi connectivity index (χ3n) is 3.52. The Morgan fingerprint density at radius 3 is 2.52 bits per heavy atom. The summed E-state index contributed by atoms with van der Waals surface area (Å²) in [6.45, 7) is 3.86. The number of halogens is 1. The highest BCUT2D eigenvalue weighted by atomic mass is 79.9. The SMILES string of the molecule is CC(C(=O)O)N1CCN(C(=O)C=Cc2ccc(Br)o2)CC1. The summed E-state index contributed by atoms with van der Waals surface area (Å²) in [5.74, 6) is -0.323. The second-order valence-electron chi connectivity index (χ2n) is 4.85. The van der Waals surface area contributed by atoms with Crippen LogP contribution in [0.5, 0.6) is 0 Å². The Hall–Kier alpha value is -1.60. The van der Waals surface area contributed by atoms with E-state index in [2.05, 4.69) is 15.9 Å². The normalized spacial score (nSPS) is 18.1. The van der Waals surface area contributed by atoms with Gasteiger partial charge in [-0.1, -0.05) is 0 Å². The molecule has 0 aliphatic carbocycles. The van der Waals surface area contributed by atoms with Gasteiger partial charge in [-0.2, -0.15) is 0 Å². The minimum atomic E-state index is -0.835. The van der Waals surface area contributed by atoms with E-state index in [9.17, 15) is 9.59 Å². The summed E-state index contributed by atoms with van der Waals surface area (Å²) in [6.07, 6.45) is 3.10. The zero-order chi connectivity index (χ0) is 15.4. The molecule has 1 aliphatic heterocycles. The molecule has 1 unspecified atom stereocenters. The molecule has 0 saturated carbocycles. The van der Waals surface area contributed by atoms with Crippen LogP contribution in [0.3, 0.4) is 0 Å². The van der Waals surface area contributed by atoms with Crippen LogP contribution in [-0.2, 0) is 9.59 Å². The Kier molecular flexibility index (Phi) is 5.19. The highest BCUT2D eigenvalue weighted by molar-refractivity contribution is 9.10. The van der Waals surface area contributed by atoms with E-state index in [1.54, 1.807) is 30.0 Å². The highest BCUT2D eigenvalue weighted by Crippen LogP contribution is 2.15. The Labute approximate surface area is 131 Å². The van der Waals surface area contributed by atoms with Gasteiger partial charge < -0.3 is 14.4 Å². The van der Waals surface area contributed by atoms with Crippen LogP contribution in [0.15, 0.2) is 27.3 Å². The molecule has 0 aromatic carbocycles. The molecule has 21 heavy (non-hydrogen) atoms. The number of nitrogens with zero attached hydrogens (tertiary/aromatic N) is 2. The number of carboxylic acid groups (broad SMARTS) is 1. The van der Waals surface area contributed by atoms with Gasteiger partial charge in [-0.15, -0.1) is 0 Å². The smallest absolute Gasteiger partial charge is 0.320 e. The molecule has 0 radical (unpaired) electrons. The van der Waals surface area contributed by atoms with Crippen LogP contribution in [0.25, 0.3) is 6.08 Å². The zero-order valence-electron chi connectivity index (χ0n) is 11.7. The summed E-state index contributed by atoms with van der Waals surface area (Å²) < 4.78 is 5.90. The zero-order valence-corrected chi connectivity index (χ0v) is 13.2. The van der Waals surface area contributed by atoms with Gasteiger partial charge in [-0.25, -0.2) is 0 Å². The first-order chi connectivity index (χ1) is 9.97. The molecule has 7 heteroatoms. The fourth-order valence-corrected chi connectivity index (χ4v) is 2.48. The number of aliphatic carboxylic acids is 1. The first-order valence-corrected chi connectivity index (χ1v) is 7.46. The van der Waals surface area contributed by atoms with Crippen LogP contribution >= 0.6 is 15.9 Å². The van der Waals surface area contributed by atoms with Gasteiger partial charge in [0.05, 0.1) is 0 Å². The number of hydrogen-bond acceptors (Lipinski definition) is 4. The van der Waals surface area contributed by atoms with Gasteiger partial charge >= 0.3 is 5.97 Å². The molecule has 1 aromatic rings. The molecule has 1 amide bonds. The van der Waals surface area contributed by atoms with Crippen molar-refractivity contribution in [1.29, 1.82) is 0 Å². The Morgan fingerprint density at radius 2 is 2.00 bits per heavy atom. The molecule has 1 fully saturated rings. The lowest BCUT2D eigenvalue weighted by Crippen LogP contribution is -2.52. The van der Waals surface area contributed by atoms with Gasteiger partial charge in [0.25, 0.3) is 0 Å². The number of carbonyl (C=O) groups is 2. The van der Waals surface area contributed by atoms with E-state index < -0.39 is 12.0 Å². The molecule has 0 bridgehead atoms. The first-order valence-electron chi connectivity index (χ1n) is 6.66. The van der Waals surface area contributed by atoms with Crippen molar-refractivity contribution in [3.8, 4) is 0 Å². The van der Waals surface area contributed by atoms with Crippen molar-refractivity contribution in [3.63, 3.8) is 0 Å². The van der Waals surface area contributed by atoms with Gasteiger partial charge in [0, 0.05) is 32.3 Å². The third-order valence-corrected chi connectivity index (χ3v) is 3.94. The molecule has 0 spiro atoms. The minimum absolute atomic E-state index is 0.0925. The standard InChI is InChI=1S/C14H17BrN2O4/c1-10(14(19)20)16-6-8-17(9-7-16)13(18)5-3-11-2-4-12(15)21-11/h2-5,10H,6-9H2,1H3,(H,19,20). The molecule has 1 aliphatic rings. The van der Waals surface area contributed by atoms with Crippen LogP contribution in [0.4, 0.5) is 0 Å². The lowest BCUT2D eigenvalue weighted by Gasteiger charge is -2.36. The topological polar surface area (TPSA) is 74.0 Å². The van der Waals surface area contributed by atoms with Crippen molar-refractivity contribution in [2.75, 3.05) is 26.2 Å². The minimum Gasteiger partial charge on any atom is -0.480 e. The van der Waals surface area contributed by atoms with Gasteiger partial charge in [0.1, 0.15) is 11.8 Å². The van der Waals surface area contributed by atoms with Gasteiger partial charge in [-0.05, 0) is 41.1 Å². The molecule has 2 heterocycles. The van der Waals surface area contributed by atoms with Crippen molar-refractivity contribution >= 4 is 33.9 Å². The van der Waals surface area contributed by atoms with Crippen molar-refractivity contribution in [2.24, 2.45) is 0 Å². The maximum Gasteiger partial charge on any atom is 0.320 e. The number of furan rings is 1. The predicted molar refractivity (Wildman–Crippen MR) is 80.7 cm³/mol. The van der Waals surface area contributed by atoms with Crippen LogP contribution in [0, 0.1) is 0 Å². The van der Waals surface area contributed by atoms with Crippen LogP contribution < -0.4 is 0 Å². The van der Waals surface area contributed by atoms with Crippen LogP contribution in [-0.4, -0.2) is 59.0 Å². The summed E-state index contributed by atoms with van der Waals surface area (Å²) in [4.78, 5) is 26.5. The van der Waals surface area contributed by atoms with Gasteiger partial charge in [-0.3, -0.25) is 14.5 Å². The predicted octanol–water partition coefficient (Wildman–Crippen LogP) is 1.67. The van der Waals surface area contributed by atoms with Crippen molar-refractivity contribution in [1.82, 2.24) is 9.80 Å². The van der Waals surface area contributed by atoms with Crippen LogP contribution in [0.1, 0.15) is 12.7 Å². The molecule has 2 rings (SSSR count). The van der Waals surface area contributed by atoms with Crippen molar-refractivity contribution in [3.05, 3.63) is 28.6 Å². The molecular weight excluding hydrogens is 340 g/mol. The number of hydrogen-bond donors (Lipinski definition) is 1. The molecule has 1 aromatic heterocycles. The van der Waals surface area contributed by atoms with Crippen LogP contribution in [0.2, 0.25) is 0 Å². The summed E-state index contributed by atoms with van der Waals surface area (Å²) >= 11 is 3.20. The molecule has 1 N–H and O–H groups in total. The Morgan fingerprint density at radius 1 is 1.33 bits per heavy atom. The summed E-state index contributed by atoms with van der Waals surface area (Å²) in [6, 6.07) is 3.01. The number of amides is 1. The number of piperazine rings is 1. The molecule has 1 saturated heterocycles. The average Bonchev–Trinajstić information content (AvgIpc) is 2.89. The Bertz CT molecular complexity index is 547. The lowest BCUT2D eigenvalue weighted by atomic mass is 10.2. The number of carbonyl (C=O) groups excluding carboxylic acids is 1. The Balaban J connectivity index is 1.86. The van der Waals surface area contributed by atoms with E-state index >= 15 is 0 Å². The van der Waals surface area contributed by atoms with E-state index in [1.807, 2.05) is 4.90 Å². The fraction of sp³-hybridized carbons (Fsp3) is 0.429. The summed E-state index contributed by atoms with van der Waals surface area (Å²) in [7, 11) is 0. The van der Waals surface area contributed by atoms with Crippen molar-refractivity contribution in [2.45, 2.75) is 13.0 Å². The van der Waals surface area contributed by atoms with Gasteiger partial charge in [0.15, 0.2) is 4.67 Å². The molecule has 114 valence electrons. The van der Waals surface area contributed by atoms with Gasteiger partial charge in [0.2, 0.25) is 5.91 Å². The maximum absolute atomic E-state index is 12.0. The maximum atomic E-state index is 12.0. The monoisotopic (exact) mass is 356 g/mol. The molecule has 6 nitrogen and oxygen atoms in total. The van der Waals surface area contributed by atoms with E-state index in [-0.39, 0.29) is 5.91 Å². The van der Waals surface area contributed by atoms with Crippen molar-refractivity contribution < 1.29 is 19.1 Å². The largest absolute Gasteiger partial charge is 0.480 e. The second kappa shape index (κ2) is 6.91. The third kappa shape index (κ3) is 4.18. The van der Waals surface area contributed by atoms with E-state index in [0.29, 0.717) is 36.6 Å². The van der Waals surface area contributed by atoms with E-state index in [0.717, 1.165) is 0 Å². The summed E-state index contributed by atoms with van der Waals surface area (Å²) in [5.41, 5.74) is 0. The molecule has 1 atom stereocenters. The lowest BCUT2D eigenvalue weighted by molar-refractivity contribution is -0.143. The highest BCUT2D eigenvalue weighted by Gasteiger charge is 2.26. The fourth-order valence-electron chi connectivity index (χ4n) is 2.16. The average molecular weight is 357 g/mol. The number of carboxylic acids is 1. The number of rotatable bonds is 4. The second-order valence-corrected chi connectivity index (χ2v) is 5.63. The summed E-state index contributed by atoms with van der Waals surface area (Å²) in [5, 5.41) is 8.97. The van der Waals surface area contributed by atoms with E-state index in [1.165, 1.54) is 6.08 Å².